The smallest absolute Gasteiger partial charge is 0.410 e. The molecule has 1 amide bonds. The van der Waals surface area contributed by atoms with Crippen molar-refractivity contribution in [3.63, 3.8) is 0 Å². The molecule has 0 spiro atoms. The van der Waals surface area contributed by atoms with Crippen LogP contribution in [0.15, 0.2) is 0 Å². The van der Waals surface area contributed by atoms with Gasteiger partial charge in [-0.25, -0.2) is 13.6 Å². The molecule has 2 saturated carbocycles. The van der Waals surface area contributed by atoms with E-state index in [2.05, 4.69) is 0 Å². The minimum Gasteiger partial charge on any atom is -0.444 e. The average molecular weight is 302 g/mol. The lowest BCUT2D eigenvalue weighted by Crippen LogP contribution is -2.62. The summed E-state index contributed by atoms with van der Waals surface area (Å²) in [5.41, 5.74) is 4.80. The first-order chi connectivity index (χ1) is 9.57. The van der Waals surface area contributed by atoms with E-state index in [9.17, 15) is 13.6 Å². The maximum atomic E-state index is 13.3. The fourth-order valence-electron chi connectivity index (χ4n) is 4.55. The number of nitrogens with zero attached hydrogens (tertiary/aromatic N) is 1. The minimum atomic E-state index is -2.58. The highest BCUT2D eigenvalue weighted by Crippen LogP contribution is 2.65. The Morgan fingerprint density at radius 2 is 2.00 bits per heavy atom. The van der Waals surface area contributed by atoms with Crippen LogP contribution in [-0.2, 0) is 4.74 Å². The van der Waals surface area contributed by atoms with E-state index in [4.69, 9.17) is 10.5 Å². The summed E-state index contributed by atoms with van der Waals surface area (Å²) in [6, 6.07) is 0.0319. The third kappa shape index (κ3) is 2.31. The molecule has 120 valence electrons. The van der Waals surface area contributed by atoms with Crippen LogP contribution in [0.2, 0.25) is 0 Å². The lowest BCUT2D eigenvalue weighted by Gasteiger charge is -2.57. The fourth-order valence-corrected chi connectivity index (χ4v) is 4.55. The molecule has 4 nitrogen and oxygen atoms in total. The molecule has 4 aliphatic rings. The third-order valence-electron chi connectivity index (χ3n) is 5.26. The molecule has 0 aromatic rings. The van der Waals surface area contributed by atoms with Gasteiger partial charge in [-0.2, -0.15) is 0 Å². The van der Waals surface area contributed by atoms with E-state index in [1.807, 2.05) is 20.8 Å². The molecule has 6 heteroatoms. The molecule has 2 bridgehead atoms. The van der Waals surface area contributed by atoms with Crippen LogP contribution in [0.25, 0.3) is 0 Å². The number of hydrogen-bond acceptors (Lipinski definition) is 3. The summed E-state index contributed by atoms with van der Waals surface area (Å²) in [6.07, 6.45) is 0.319. The highest BCUT2D eigenvalue weighted by atomic mass is 19.3. The van der Waals surface area contributed by atoms with E-state index < -0.39 is 16.9 Å². The maximum absolute atomic E-state index is 13.3. The van der Waals surface area contributed by atoms with Gasteiger partial charge in [0.2, 0.25) is 5.92 Å². The van der Waals surface area contributed by atoms with Crippen molar-refractivity contribution in [1.29, 1.82) is 0 Å². The lowest BCUT2D eigenvalue weighted by molar-refractivity contribution is -0.199. The topological polar surface area (TPSA) is 55.6 Å². The van der Waals surface area contributed by atoms with Gasteiger partial charge in [0.15, 0.2) is 0 Å². The Morgan fingerprint density at radius 1 is 1.38 bits per heavy atom. The van der Waals surface area contributed by atoms with Gasteiger partial charge in [-0.1, -0.05) is 0 Å². The van der Waals surface area contributed by atoms with Crippen molar-refractivity contribution in [2.24, 2.45) is 23.0 Å². The van der Waals surface area contributed by atoms with Crippen LogP contribution in [-0.4, -0.2) is 41.6 Å². The molecule has 0 aromatic heterocycles. The summed E-state index contributed by atoms with van der Waals surface area (Å²) in [5.74, 6) is -2.15. The first-order valence-corrected chi connectivity index (χ1v) is 7.64. The van der Waals surface area contributed by atoms with Gasteiger partial charge in [0.05, 0.1) is 0 Å². The number of carbonyl (C=O) groups is 1. The molecule has 1 unspecified atom stereocenters. The Labute approximate surface area is 124 Å². The van der Waals surface area contributed by atoms with Crippen LogP contribution in [0.5, 0.6) is 0 Å². The van der Waals surface area contributed by atoms with E-state index in [0.717, 1.165) is 6.42 Å². The number of ether oxygens (including phenoxy) is 1. The number of fused-ring (bicyclic) bond motifs is 1. The predicted octanol–water partition coefficient (Wildman–Crippen LogP) is 2.62. The molecule has 2 aliphatic heterocycles. The fraction of sp³-hybridized carbons (Fsp3) is 0.933. The second-order valence-electron chi connectivity index (χ2n) is 8.00. The summed E-state index contributed by atoms with van der Waals surface area (Å²) in [7, 11) is 0. The molecule has 4 fully saturated rings. The monoisotopic (exact) mass is 302 g/mol. The van der Waals surface area contributed by atoms with Crippen LogP contribution in [0.1, 0.15) is 40.0 Å². The molecule has 0 radical (unpaired) electrons. The number of alkyl halides is 2. The van der Waals surface area contributed by atoms with Crippen LogP contribution < -0.4 is 5.73 Å². The SMILES string of the molecule is CC(C)(C)OC(=O)N1C[C@@H]2C[C@H]1C2C1(CN)CC(F)(F)C1. The molecule has 3 atom stereocenters. The third-order valence-corrected chi connectivity index (χ3v) is 5.26. The molecular formula is C15H24F2N2O2. The van der Waals surface area contributed by atoms with Gasteiger partial charge >= 0.3 is 6.09 Å². The van der Waals surface area contributed by atoms with Crippen molar-refractivity contribution in [2.45, 2.75) is 57.6 Å². The Balaban J connectivity index is 1.69. The number of rotatable bonds is 2. The summed E-state index contributed by atoms with van der Waals surface area (Å²) in [5, 5.41) is 0. The normalized spacial score (nSPS) is 35.9. The summed E-state index contributed by atoms with van der Waals surface area (Å²) in [6.45, 7) is 6.39. The number of carbonyl (C=O) groups excluding carboxylic acids is 1. The molecule has 2 N–H and O–H groups in total. The van der Waals surface area contributed by atoms with Crippen molar-refractivity contribution < 1.29 is 18.3 Å². The van der Waals surface area contributed by atoms with Gasteiger partial charge in [0.1, 0.15) is 5.60 Å². The summed E-state index contributed by atoms with van der Waals surface area (Å²) in [4.78, 5) is 13.9. The van der Waals surface area contributed by atoms with Crippen LogP contribution in [0, 0.1) is 17.3 Å². The van der Waals surface area contributed by atoms with E-state index in [1.165, 1.54) is 0 Å². The van der Waals surface area contributed by atoms with Crippen molar-refractivity contribution in [1.82, 2.24) is 4.90 Å². The zero-order valence-corrected chi connectivity index (χ0v) is 12.9. The Bertz CT molecular complexity index is 453. The number of amides is 1. The van der Waals surface area contributed by atoms with Crippen molar-refractivity contribution >= 4 is 6.09 Å². The highest BCUT2D eigenvalue weighted by Gasteiger charge is 2.68. The average Bonchev–Trinajstić information content (AvgIpc) is 2.81. The van der Waals surface area contributed by atoms with Gasteiger partial charge in [-0.15, -0.1) is 0 Å². The van der Waals surface area contributed by atoms with Gasteiger partial charge in [-0.05, 0) is 51.0 Å². The first-order valence-electron chi connectivity index (χ1n) is 7.64. The van der Waals surface area contributed by atoms with E-state index in [1.54, 1.807) is 4.90 Å². The highest BCUT2D eigenvalue weighted by molar-refractivity contribution is 5.70. The second-order valence-corrected chi connectivity index (χ2v) is 8.00. The van der Waals surface area contributed by atoms with Crippen LogP contribution in [0.3, 0.4) is 0 Å². The number of hydrogen-bond donors (Lipinski definition) is 1. The summed E-state index contributed by atoms with van der Waals surface area (Å²) >= 11 is 0. The Hall–Kier alpha value is -0.910. The Kier molecular flexibility index (Phi) is 3.08. The standard InChI is InChI=1S/C15H24F2N2O2/c1-13(2,3)21-12(20)19-5-9-4-10(19)11(9)14(8-18)6-15(16,17)7-14/h9-11H,4-8,18H2,1-3H3/t9-,10-,11?/m0/s1. The van der Waals surface area contributed by atoms with Crippen molar-refractivity contribution in [2.75, 3.05) is 13.1 Å². The van der Waals surface area contributed by atoms with Gasteiger partial charge in [0, 0.05) is 25.4 Å². The zero-order chi connectivity index (χ0) is 15.6. The number of halogens is 2. The van der Waals surface area contributed by atoms with Crippen molar-refractivity contribution in [3.8, 4) is 0 Å². The summed E-state index contributed by atoms with van der Waals surface area (Å²) < 4.78 is 32.1. The van der Waals surface area contributed by atoms with Gasteiger partial charge in [-0.3, -0.25) is 0 Å². The van der Waals surface area contributed by atoms with E-state index in [0.29, 0.717) is 12.5 Å². The quantitative estimate of drug-likeness (QED) is 0.853. The Morgan fingerprint density at radius 3 is 2.48 bits per heavy atom. The van der Waals surface area contributed by atoms with Gasteiger partial charge < -0.3 is 15.4 Å². The molecule has 2 aliphatic carbocycles. The molecule has 4 rings (SSSR count). The van der Waals surface area contributed by atoms with Crippen LogP contribution >= 0.6 is 0 Å². The molecule has 2 saturated heterocycles. The molecular weight excluding hydrogens is 278 g/mol. The first kappa shape index (κ1) is 15.0. The predicted molar refractivity (Wildman–Crippen MR) is 74.0 cm³/mol. The second kappa shape index (κ2) is 4.31. The minimum absolute atomic E-state index is 0.0319. The maximum Gasteiger partial charge on any atom is 0.410 e. The molecule has 21 heavy (non-hydrogen) atoms. The number of nitrogens with two attached hydrogens (primary N) is 1. The van der Waals surface area contributed by atoms with Crippen molar-refractivity contribution in [3.05, 3.63) is 0 Å². The van der Waals surface area contributed by atoms with E-state index in [-0.39, 0.29) is 37.4 Å². The van der Waals surface area contributed by atoms with E-state index >= 15 is 0 Å². The lowest BCUT2D eigenvalue weighted by atomic mass is 9.50. The molecule has 0 aromatic carbocycles. The van der Waals surface area contributed by atoms with Crippen LogP contribution in [0.4, 0.5) is 13.6 Å². The molecule has 2 heterocycles. The largest absolute Gasteiger partial charge is 0.444 e. The van der Waals surface area contributed by atoms with Gasteiger partial charge in [0.25, 0.3) is 0 Å². The zero-order valence-electron chi connectivity index (χ0n) is 12.9.